The first-order chi connectivity index (χ1) is 9.92. The molecular weight excluding hydrogens is 282 g/mol. The number of hydrogen-bond acceptors (Lipinski definition) is 3. The van der Waals surface area contributed by atoms with Crippen LogP contribution in [0, 0.1) is 0 Å². The minimum atomic E-state index is 0.468. The van der Waals surface area contributed by atoms with E-state index in [0.29, 0.717) is 6.04 Å². The van der Waals surface area contributed by atoms with Crippen LogP contribution in [0.4, 0.5) is 0 Å². The Hall–Kier alpha value is -0.900. The van der Waals surface area contributed by atoms with Gasteiger partial charge in [-0.15, -0.1) is 22.7 Å². The highest BCUT2D eigenvalue weighted by Crippen LogP contribution is 2.26. The normalized spacial score (nSPS) is 16.3. The van der Waals surface area contributed by atoms with Crippen molar-refractivity contribution >= 4 is 22.7 Å². The van der Waals surface area contributed by atoms with E-state index in [9.17, 15) is 0 Å². The summed E-state index contributed by atoms with van der Waals surface area (Å²) in [6, 6.07) is 9.27. The van der Waals surface area contributed by atoms with Gasteiger partial charge in [0, 0.05) is 22.2 Å². The Morgan fingerprint density at radius 2 is 2.05 bits per heavy atom. The molecule has 106 valence electrons. The SMILES string of the molecule is C1=C(CCNC(Cc2cccs2)c2cccs2)CCC1. The number of nitrogens with one attached hydrogen (secondary N) is 1. The second kappa shape index (κ2) is 7.21. The molecule has 0 radical (unpaired) electrons. The topological polar surface area (TPSA) is 12.0 Å². The van der Waals surface area contributed by atoms with E-state index in [0.717, 1.165) is 13.0 Å². The van der Waals surface area contributed by atoms with Crippen molar-refractivity contribution in [2.24, 2.45) is 0 Å². The minimum absolute atomic E-state index is 0.468. The molecule has 1 N–H and O–H groups in total. The van der Waals surface area contributed by atoms with Crippen LogP contribution in [0.2, 0.25) is 0 Å². The molecule has 20 heavy (non-hydrogen) atoms. The van der Waals surface area contributed by atoms with Gasteiger partial charge in [-0.3, -0.25) is 0 Å². The molecule has 0 aromatic carbocycles. The van der Waals surface area contributed by atoms with E-state index in [4.69, 9.17) is 0 Å². The molecule has 0 saturated heterocycles. The zero-order chi connectivity index (χ0) is 13.6. The molecule has 3 rings (SSSR count). The molecule has 0 amide bonds. The standard InChI is InChI=1S/C17H21NS2/c1-2-6-14(5-1)9-10-18-16(17-8-4-12-20-17)13-15-7-3-11-19-15/h3-5,7-8,11-12,16,18H,1-2,6,9-10,13H2. The number of thiophene rings is 2. The molecule has 1 aliphatic carbocycles. The Balaban J connectivity index is 1.57. The monoisotopic (exact) mass is 303 g/mol. The van der Waals surface area contributed by atoms with Crippen LogP contribution in [-0.2, 0) is 6.42 Å². The molecule has 1 unspecified atom stereocenters. The van der Waals surface area contributed by atoms with Crippen molar-refractivity contribution in [2.75, 3.05) is 6.54 Å². The molecule has 2 aromatic heterocycles. The highest BCUT2D eigenvalue weighted by atomic mass is 32.1. The van der Waals surface area contributed by atoms with E-state index in [1.54, 1.807) is 5.57 Å². The van der Waals surface area contributed by atoms with Gasteiger partial charge in [0.2, 0.25) is 0 Å². The van der Waals surface area contributed by atoms with Crippen molar-refractivity contribution < 1.29 is 0 Å². The molecule has 0 fully saturated rings. The Morgan fingerprint density at radius 1 is 1.15 bits per heavy atom. The molecule has 0 bridgehead atoms. The first-order valence-corrected chi connectivity index (χ1v) is 9.15. The van der Waals surface area contributed by atoms with Crippen molar-refractivity contribution in [1.82, 2.24) is 5.32 Å². The fourth-order valence-corrected chi connectivity index (χ4v) is 4.32. The lowest BCUT2D eigenvalue weighted by atomic mass is 10.1. The fourth-order valence-electron chi connectivity index (χ4n) is 2.76. The molecular formula is C17H21NS2. The van der Waals surface area contributed by atoms with Crippen LogP contribution in [0.25, 0.3) is 0 Å². The average Bonchev–Trinajstić information content (AvgIpc) is 3.21. The smallest absolute Gasteiger partial charge is 0.0463 e. The predicted octanol–water partition coefficient (Wildman–Crippen LogP) is 5.18. The molecule has 0 aliphatic heterocycles. The van der Waals surface area contributed by atoms with E-state index in [1.807, 2.05) is 22.7 Å². The van der Waals surface area contributed by atoms with E-state index in [1.165, 1.54) is 35.4 Å². The maximum absolute atomic E-state index is 3.76. The summed E-state index contributed by atoms with van der Waals surface area (Å²) in [6.45, 7) is 1.10. The van der Waals surface area contributed by atoms with E-state index < -0.39 is 0 Å². The predicted molar refractivity (Wildman–Crippen MR) is 89.6 cm³/mol. The first kappa shape index (κ1) is 14.1. The molecule has 0 spiro atoms. The second-order valence-electron chi connectivity index (χ2n) is 5.31. The van der Waals surface area contributed by atoms with Gasteiger partial charge in [0.1, 0.15) is 0 Å². The third kappa shape index (κ3) is 3.81. The molecule has 3 heteroatoms. The summed E-state index contributed by atoms with van der Waals surface area (Å²) < 4.78 is 0. The summed E-state index contributed by atoms with van der Waals surface area (Å²) in [4.78, 5) is 2.93. The van der Waals surface area contributed by atoms with Gasteiger partial charge in [-0.25, -0.2) is 0 Å². The largest absolute Gasteiger partial charge is 0.309 e. The van der Waals surface area contributed by atoms with Crippen LogP contribution in [0.15, 0.2) is 46.7 Å². The van der Waals surface area contributed by atoms with Crippen LogP contribution in [0.1, 0.15) is 41.5 Å². The number of hydrogen-bond donors (Lipinski definition) is 1. The maximum Gasteiger partial charge on any atom is 0.0463 e. The van der Waals surface area contributed by atoms with Crippen LogP contribution in [-0.4, -0.2) is 6.54 Å². The molecule has 1 atom stereocenters. The summed E-state index contributed by atoms with van der Waals surface area (Å²) in [7, 11) is 0. The quantitative estimate of drug-likeness (QED) is 0.695. The summed E-state index contributed by atoms with van der Waals surface area (Å²) >= 11 is 3.72. The van der Waals surface area contributed by atoms with Crippen molar-refractivity contribution in [3.05, 3.63) is 56.4 Å². The maximum atomic E-state index is 3.76. The third-order valence-electron chi connectivity index (χ3n) is 3.84. The van der Waals surface area contributed by atoms with Crippen molar-refractivity contribution in [1.29, 1.82) is 0 Å². The van der Waals surface area contributed by atoms with E-state index in [-0.39, 0.29) is 0 Å². The van der Waals surface area contributed by atoms with Crippen molar-refractivity contribution in [2.45, 2.75) is 38.1 Å². The first-order valence-electron chi connectivity index (χ1n) is 7.39. The highest BCUT2D eigenvalue weighted by Gasteiger charge is 2.14. The van der Waals surface area contributed by atoms with Crippen LogP contribution >= 0.6 is 22.7 Å². The van der Waals surface area contributed by atoms with Crippen LogP contribution < -0.4 is 5.32 Å². The van der Waals surface area contributed by atoms with Gasteiger partial charge in [0.05, 0.1) is 0 Å². The minimum Gasteiger partial charge on any atom is -0.309 e. The summed E-state index contributed by atoms with van der Waals surface area (Å²) in [6.07, 6.45) is 8.72. The van der Waals surface area contributed by atoms with Gasteiger partial charge < -0.3 is 5.32 Å². The second-order valence-corrected chi connectivity index (χ2v) is 7.32. The van der Waals surface area contributed by atoms with E-state index >= 15 is 0 Å². The Morgan fingerprint density at radius 3 is 2.75 bits per heavy atom. The summed E-state index contributed by atoms with van der Waals surface area (Å²) in [5.41, 5.74) is 1.65. The number of allylic oxidation sites excluding steroid dienone is 1. The Labute approximate surface area is 129 Å². The van der Waals surface area contributed by atoms with Gasteiger partial charge in [-0.2, -0.15) is 0 Å². The summed E-state index contributed by atoms with van der Waals surface area (Å²) in [5.74, 6) is 0. The summed E-state index contributed by atoms with van der Waals surface area (Å²) in [5, 5.41) is 8.11. The Kier molecular flexibility index (Phi) is 5.06. The Bertz CT molecular complexity index is 525. The third-order valence-corrected chi connectivity index (χ3v) is 5.73. The highest BCUT2D eigenvalue weighted by molar-refractivity contribution is 7.10. The van der Waals surface area contributed by atoms with Gasteiger partial charge in [0.25, 0.3) is 0 Å². The average molecular weight is 303 g/mol. The zero-order valence-electron chi connectivity index (χ0n) is 11.7. The molecule has 1 aliphatic rings. The fraction of sp³-hybridized carbons (Fsp3) is 0.412. The lowest BCUT2D eigenvalue weighted by Gasteiger charge is -2.17. The molecule has 2 heterocycles. The lowest BCUT2D eigenvalue weighted by molar-refractivity contribution is 0.542. The molecule has 1 nitrogen and oxygen atoms in total. The number of rotatable bonds is 7. The van der Waals surface area contributed by atoms with Crippen molar-refractivity contribution in [3.63, 3.8) is 0 Å². The van der Waals surface area contributed by atoms with E-state index in [2.05, 4.69) is 46.4 Å². The molecule has 0 saturated carbocycles. The van der Waals surface area contributed by atoms with Gasteiger partial charge >= 0.3 is 0 Å². The van der Waals surface area contributed by atoms with Gasteiger partial charge in [0.15, 0.2) is 0 Å². The lowest BCUT2D eigenvalue weighted by Crippen LogP contribution is -2.23. The zero-order valence-corrected chi connectivity index (χ0v) is 13.3. The van der Waals surface area contributed by atoms with Gasteiger partial charge in [-0.1, -0.05) is 23.8 Å². The van der Waals surface area contributed by atoms with Crippen LogP contribution in [0.5, 0.6) is 0 Å². The van der Waals surface area contributed by atoms with Crippen LogP contribution in [0.3, 0.4) is 0 Å². The van der Waals surface area contributed by atoms with Crippen molar-refractivity contribution in [3.8, 4) is 0 Å². The molecule has 2 aromatic rings. The van der Waals surface area contributed by atoms with Gasteiger partial charge in [-0.05, 0) is 55.1 Å².